The molecule has 2 rings (SSSR count). The Morgan fingerprint density at radius 3 is 2.56 bits per heavy atom. The molecular weight excluding hydrogens is 353 g/mol. The molecule has 18 heavy (non-hydrogen) atoms. The highest BCUT2D eigenvalue weighted by molar-refractivity contribution is 9.10. The molecule has 0 aliphatic carbocycles. The molecule has 0 aliphatic rings. The molecule has 0 amide bonds. The van der Waals surface area contributed by atoms with E-state index in [0.717, 1.165) is 6.07 Å². The SMILES string of the molecule is Fc1cc(F)c(Nc2nc(Cl)nnc2Cl)cc1Br. The van der Waals surface area contributed by atoms with Crippen molar-refractivity contribution in [2.45, 2.75) is 0 Å². The molecule has 1 N–H and O–H groups in total. The maximum absolute atomic E-state index is 13.5. The number of hydrogen-bond donors (Lipinski definition) is 1. The van der Waals surface area contributed by atoms with Crippen LogP contribution in [0.3, 0.4) is 0 Å². The van der Waals surface area contributed by atoms with Gasteiger partial charge in [0.05, 0.1) is 10.2 Å². The number of benzene rings is 1. The smallest absolute Gasteiger partial charge is 0.245 e. The third-order valence-electron chi connectivity index (χ3n) is 1.88. The molecule has 1 aromatic heterocycles. The van der Waals surface area contributed by atoms with Crippen LogP contribution in [0.15, 0.2) is 16.6 Å². The molecule has 0 fully saturated rings. The quantitative estimate of drug-likeness (QED) is 0.828. The number of rotatable bonds is 2. The summed E-state index contributed by atoms with van der Waals surface area (Å²) in [6, 6.07) is 1.92. The van der Waals surface area contributed by atoms with Gasteiger partial charge in [-0.25, -0.2) is 8.78 Å². The third kappa shape index (κ3) is 2.85. The van der Waals surface area contributed by atoms with E-state index < -0.39 is 11.6 Å². The van der Waals surface area contributed by atoms with E-state index in [1.165, 1.54) is 6.07 Å². The van der Waals surface area contributed by atoms with Crippen LogP contribution in [0, 0.1) is 11.6 Å². The van der Waals surface area contributed by atoms with Gasteiger partial charge in [0.1, 0.15) is 11.6 Å². The van der Waals surface area contributed by atoms with Crippen molar-refractivity contribution in [1.29, 1.82) is 0 Å². The van der Waals surface area contributed by atoms with Crippen molar-refractivity contribution in [2.75, 3.05) is 5.32 Å². The molecule has 0 radical (unpaired) electrons. The van der Waals surface area contributed by atoms with Crippen LogP contribution in [0.5, 0.6) is 0 Å². The summed E-state index contributed by atoms with van der Waals surface area (Å²) in [5.74, 6) is -1.50. The Morgan fingerprint density at radius 1 is 1.11 bits per heavy atom. The van der Waals surface area contributed by atoms with Crippen LogP contribution in [0.1, 0.15) is 0 Å². The molecule has 9 heteroatoms. The van der Waals surface area contributed by atoms with Crippen LogP contribution in [0.2, 0.25) is 10.4 Å². The van der Waals surface area contributed by atoms with Gasteiger partial charge in [-0.15, -0.1) is 10.2 Å². The average Bonchev–Trinajstić information content (AvgIpc) is 2.30. The molecule has 2 aromatic rings. The first-order valence-electron chi connectivity index (χ1n) is 4.44. The molecule has 0 spiro atoms. The second kappa shape index (κ2) is 5.29. The summed E-state index contributed by atoms with van der Waals surface area (Å²) in [5, 5.41) is 9.21. The molecule has 4 nitrogen and oxygen atoms in total. The lowest BCUT2D eigenvalue weighted by Gasteiger charge is -2.08. The standard InChI is InChI=1S/C9H3BrCl2F2N4/c10-3-1-6(5(14)2-4(3)13)15-8-7(11)17-18-9(12)16-8/h1-2H,(H,15,16,18). The van der Waals surface area contributed by atoms with E-state index in [4.69, 9.17) is 23.2 Å². The highest BCUT2D eigenvalue weighted by Crippen LogP contribution is 2.28. The zero-order valence-electron chi connectivity index (χ0n) is 8.39. The van der Waals surface area contributed by atoms with Crippen molar-refractivity contribution >= 4 is 50.6 Å². The molecule has 0 saturated heterocycles. The van der Waals surface area contributed by atoms with Crippen molar-refractivity contribution < 1.29 is 8.78 Å². The van der Waals surface area contributed by atoms with Gasteiger partial charge in [0.2, 0.25) is 5.28 Å². The highest BCUT2D eigenvalue weighted by Gasteiger charge is 2.12. The van der Waals surface area contributed by atoms with E-state index in [1.807, 2.05) is 0 Å². The lowest BCUT2D eigenvalue weighted by atomic mass is 10.3. The maximum atomic E-state index is 13.5. The fourth-order valence-corrected chi connectivity index (χ4v) is 1.71. The summed E-state index contributed by atoms with van der Waals surface area (Å²) in [4.78, 5) is 3.73. The lowest BCUT2D eigenvalue weighted by molar-refractivity contribution is 0.581. The summed E-state index contributed by atoms with van der Waals surface area (Å²) in [5.41, 5.74) is -0.0262. The Labute approximate surface area is 118 Å². The van der Waals surface area contributed by atoms with Gasteiger partial charge < -0.3 is 5.32 Å². The molecule has 0 bridgehead atoms. The molecule has 0 unspecified atom stereocenters. The Balaban J connectivity index is 2.40. The fourth-order valence-electron chi connectivity index (χ4n) is 1.12. The second-order valence-corrected chi connectivity index (χ2v) is 4.64. The van der Waals surface area contributed by atoms with Crippen molar-refractivity contribution in [3.05, 3.63) is 38.7 Å². The Kier molecular flexibility index (Phi) is 3.94. The monoisotopic (exact) mass is 354 g/mol. The number of halogens is 5. The van der Waals surface area contributed by atoms with Gasteiger partial charge in [0.15, 0.2) is 11.0 Å². The van der Waals surface area contributed by atoms with E-state index in [9.17, 15) is 8.78 Å². The van der Waals surface area contributed by atoms with E-state index in [2.05, 4.69) is 36.4 Å². The zero-order valence-corrected chi connectivity index (χ0v) is 11.5. The second-order valence-electron chi connectivity index (χ2n) is 3.09. The topological polar surface area (TPSA) is 50.7 Å². The van der Waals surface area contributed by atoms with Crippen molar-refractivity contribution in [2.24, 2.45) is 0 Å². The predicted octanol–water partition coefficient (Wildman–Crippen LogP) is 3.96. The lowest BCUT2D eigenvalue weighted by Crippen LogP contribution is -2.01. The molecule has 1 heterocycles. The van der Waals surface area contributed by atoms with Gasteiger partial charge >= 0.3 is 0 Å². The van der Waals surface area contributed by atoms with E-state index in [1.54, 1.807) is 0 Å². The average molecular weight is 356 g/mol. The molecular formula is C9H3BrCl2F2N4. The van der Waals surface area contributed by atoms with E-state index in [-0.39, 0.29) is 26.4 Å². The van der Waals surface area contributed by atoms with Gasteiger partial charge in [-0.3, -0.25) is 0 Å². The van der Waals surface area contributed by atoms with Gasteiger partial charge in [0.25, 0.3) is 0 Å². The maximum Gasteiger partial charge on any atom is 0.245 e. The molecule has 0 saturated carbocycles. The Bertz CT molecular complexity index is 611. The number of hydrogen-bond acceptors (Lipinski definition) is 4. The van der Waals surface area contributed by atoms with Gasteiger partial charge in [-0.2, -0.15) is 4.98 Å². The van der Waals surface area contributed by atoms with E-state index in [0.29, 0.717) is 0 Å². The fraction of sp³-hybridized carbons (Fsp3) is 0. The molecule has 0 atom stereocenters. The van der Waals surface area contributed by atoms with Crippen molar-refractivity contribution in [3.63, 3.8) is 0 Å². The molecule has 94 valence electrons. The molecule has 1 aromatic carbocycles. The minimum atomic E-state index is -0.804. The van der Waals surface area contributed by atoms with Crippen LogP contribution in [0.4, 0.5) is 20.3 Å². The van der Waals surface area contributed by atoms with Crippen molar-refractivity contribution in [1.82, 2.24) is 15.2 Å². The summed E-state index contributed by atoms with van der Waals surface area (Å²) in [6.45, 7) is 0. The number of anilines is 2. The van der Waals surface area contributed by atoms with Crippen LogP contribution < -0.4 is 5.32 Å². The van der Waals surface area contributed by atoms with Gasteiger partial charge in [-0.1, -0.05) is 11.6 Å². The Hall–Kier alpha value is -1.05. The first-order chi connectivity index (χ1) is 8.47. The Morgan fingerprint density at radius 2 is 1.83 bits per heavy atom. The summed E-state index contributed by atoms with van der Waals surface area (Å²) < 4.78 is 26.6. The number of aromatic nitrogens is 3. The predicted molar refractivity (Wildman–Crippen MR) is 67.2 cm³/mol. The first kappa shape index (κ1) is 13.4. The van der Waals surface area contributed by atoms with Crippen LogP contribution >= 0.6 is 39.1 Å². The third-order valence-corrected chi connectivity index (χ3v) is 2.91. The van der Waals surface area contributed by atoms with E-state index >= 15 is 0 Å². The van der Waals surface area contributed by atoms with Crippen LogP contribution in [-0.4, -0.2) is 15.2 Å². The van der Waals surface area contributed by atoms with Gasteiger partial charge in [-0.05, 0) is 33.6 Å². The largest absolute Gasteiger partial charge is 0.335 e. The number of nitrogens with zero attached hydrogens (tertiary/aromatic N) is 3. The van der Waals surface area contributed by atoms with Crippen LogP contribution in [-0.2, 0) is 0 Å². The first-order valence-corrected chi connectivity index (χ1v) is 5.99. The number of nitrogens with one attached hydrogen (secondary N) is 1. The molecule has 0 aliphatic heterocycles. The summed E-state index contributed by atoms with van der Waals surface area (Å²) in [6.07, 6.45) is 0. The minimum Gasteiger partial charge on any atom is -0.335 e. The van der Waals surface area contributed by atoms with Crippen LogP contribution in [0.25, 0.3) is 0 Å². The van der Waals surface area contributed by atoms with Crippen molar-refractivity contribution in [3.8, 4) is 0 Å². The van der Waals surface area contributed by atoms with Gasteiger partial charge in [0, 0.05) is 6.07 Å². The minimum absolute atomic E-state index is 0.0223. The summed E-state index contributed by atoms with van der Waals surface area (Å²) in [7, 11) is 0. The highest BCUT2D eigenvalue weighted by atomic mass is 79.9. The normalized spacial score (nSPS) is 10.5. The zero-order chi connectivity index (χ0) is 13.3. The summed E-state index contributed by atoms with van der Waals surface area (Å²) >= 11 is 14.2.